The van der Waals surface area contributed by atoms with E-state index in [9.17, 15) is 22.8 Å². The molecule has 14 heavy (non-hydrogen) atoms. The minimum atomic E-state index is -4.66. The van der Waals surface area contributed by atoms with Gasteiger partial charge in [-0.15, -0.1) is 12.4 Å². The van der Waals surface area contributed by atoms with Crippen LogP contribution >= 0.6 is 24.2 Å². The molecule has 0 aromatic heterocycles. The Balaban J connectivity index is 0. The normalized spacial score (nSPS) is 12.9. The fourth-order valence-corrected chi connectivity index (χ4v) is 1.34. The summed E-state index contributed by atoms with van der Waals surface area (Å²) in [6, 6.07) is 0. The molecule has 0 aromatic carbocycles. The molecule has 1 N–H and O–H groups in total. The van der Waals surface area contributed by atoms with Crippen LogP contribution < -0.4 is 0 Å². The Morgan fingerprint density at radius 2 is 1.86 bits per heavy atom. The zero-order chi connectivity index (χ0) is 10.6. The summed E-state index contributed by atoms with van der Waals surface area (Å²) in [7, 11) is 0. The van der Waals surface area contributed by atoms with Gasteiger partial charge in [0.25, 0.3) is 0 Å². The van der Waals surface area contributed by atoms with Gasteiger partial charge in [0.1, 0.15) is 5.25 Å². The highest BCUT2D eigenvalue weighted by atomic mass is 35.5. The molecule has 0 aliphatic rings. The molecule has 0 aromatic rings. The van der Waals surface area contributed by atoms with E-state index in [1.54, 1.807) is 0 Å². The van der Waals surface area contributed by atoms with Gasteiger partial charge in [0, 0.05) is 6.92 Å². The largest absolute Gasteiger partial charge is 0.481 e. The Hall–Kier alpha value is -0.430. The van der Waals surface area contributed by atoms with E-state index in [2.05, 4.69) is 0 Å². The van der Waals surface area contributed by atoms with Gasteiger partial charge in [-0.05, 0) is 0 Å². The highest BCUT2D eigenvalue weighted by Gasteiger charge is 2.42. The van der Waals surface area contributed by atoms with Gasteiger partial charge in [-0.3, -0.25) is 9.59 Å². The standard InChI is InChI=1S/C6H7F3O3S.ClH/c1-3(10)13-4(2-5(11)12)6(7,8)9;/h4H,2H2,1H3,(H,11,12);1H. The van der Waals surface area contributed by atoms with Crippen molar-refractivity contribution in [2.45, 2.75) is 24.8 Å². The van der Waals surface area contributed by atoms with E-state index in [4.69, 9.17) is 5.11 Å². The van der Waals surface area contributed by atoms with Crippen LogP contribution in [0.3, 0.4) is 0 Å². The van der Waals surface area contributed by atoms with E-state index < -0.39 is 28.9 Å². The second kappa shape index (κ2) is 6.13. The third-order valence-electron chi connectivity index (χ3n) is 1.03. The number of carbonyl (C=O) groups is 2. The minimum Gasteiger partial charge on any atom is -0.481 e. The molecular formula is C6H8ClF3O3S. The summed E-state index contributed by atoms with van der Waals surface area (Å²) in [4.78, 5) is 20.4. The molecule has 0 bridgehead atoms. The van der Waals surface area contributed by atoms with Crippen molar-refractivity contribution in [2.75, 3.05) is 0 Å². The summed E-state index contributed by atoms with van der Waals surface area (Å²) in [6.45, 7) is 0.964. The van der Waals surface area contributed by atoms with E-state index in [1.165, 1.54) is 0 Å². The molecule has 0 saturated carbocycles. The summed E-state index contributed by atoms with van der Waals surface area (Å²) >= 11 is -0.00991. The van der Waals surface area contributed by atoms with Gasteiger partial charge in [0.05, 0.1) is 6.42 Å². The summed E-state index contributed by atoms with van der Waals surface area (Å²) < 4.78 is 36.0. The van der Waals surface area contributed by atoms with Crippen molar-refractivity contribution >= 4 is 35.3 Å². The second-order valence-electron chi connectivity index (χ2n) is 2.24. The van der Waals surface area contributed by atoms with Gasteiger partial charge < -0.3 is 5.11 Å². The Labute approximate surface area is 88.5 Å². The molecule has 0 heterocycles. The summed E-state index contributed by atoms with van der Waals surface area (Å²) in [6.07, 6.45) is -5.75. The fraction of sp³-hybridized carbons (Fsp3) is 0.667. The first-order valence-corrected chi connectivity index (χ1v) is 4.07. The number of carboxylic acid groups (broad SMARTS) is 1. The molecule has 8 heteroatoms. The van der Waals surface area contributed by atoms with Crippen LogP contribution in [0.4, 0.5) is 13.2 Å². The van der Waals surface area contributed by atoms with Crippen LogP contribution in [0.2, 0.25) is 0 Å². The zero-order valence-electron chi connectivity index (χ0n) is 7.00. The summed E-state index contributed by atoms with van der Waals surface area (Å²) in [5, 5.41) is 5.24. The molecule has 1 unspecified atom stereocenters. The lowest BCUT2D eigenvalue weighted by molar-refractivity contribution is -0.150. The highest BCUT2D eigenvalue weighted by Crippen LogP contribution is 2.32. The van der Waals surface area contributed by atoms with Crippen LogP contribution in [-0.2, 0) is 9.59 Å². The first-order valence-electron chi connectivity index (χ1n) is 3.19. The van der Waals surface area contributed by atoms with E-state index in [-0.39, 0.29) is 24.2 Å². The summed E-state index contributed by atoms with van der Waals surface area (Å²) in [5.41, 5.74) is 0. The van der Waals surface area contributed by atoms with E-state index in [0.29, 0.717) is 0 Å². The smallest absolute Gasteiger partial charge is 0.401 e. The second-order valence-corrected chi connectivity index (χ2v) is 3.62. The quantitative estimate of drug-likeness (QED) is 0.836. The SMILES string of the molecule is CC(=O)SC(CC(=O)O)C(F)(F)F.Cl. The van der Waals surface area contributed by atoms with Crippen LogP contribution in [0.1, 0.15) is 13.3 Å². The van der Waals surface area contributed by atoms with Crippen molar-refractivity contribution < 1.29 is 27.9 Å². The molecule has 0 fully saturated rings. The molecule has 1 atom stereocenters. The lowest BCUT2D eigenvalue weighted by Crippen LogP contribution is -2.29. The Kier molecular flexibility index (Phi) is 7.01. The van der Waals surface area contributed by atoms with Crippen molar-refractivity contribution in [3.05, 3.63) is 0 Å². The van der Waals surface area contributed by atoms with Crippen molar-refractivity contribution in [1.82, 2.24) is 0 Å². The molecule has 0 rings (SSSR count). The van der Waals surface area contributed by atoms with Gasteiger partial charge >= 0.3 is 12.1 Å². The topological polar surface area (TPSA) is 54.4 Å². The van der Waals surface area contributed by atoms with Crippen LogP contribution in [0.5, 0.6) is 0 Å². The van der Waals surface area contributed by atoms with Crippen LogP contribution in [-0.4, -0.2) is 27.6 Å². The van der Waals surface area contributed by atoms with E-state index in [1.807, 2.05) is 0 Å². The van der Waals surface area contributed by atoms with Crippen LogP contribution in [0, 0.1) is 0 Å². The lowest BCUT2D eigenvalue weighted by Gasteiger charge is -2.15. The molecule has 0 saturated heterocycles. The van der Waals surface area contributed by atoms with Gasteiger partial charge in [-0.25, -0.2) is 0 Å². The van der Waals surface area contributed by atoms with Gasteiger partial charge in [-0.1, -0.05) is 11.8 Å². The zero-order valence-corrected chi connectivity index (χ0v) is 8.63. The average Bonchev–Trinajstić information content (AvgIpc) is 1.81. The molecular weight excluding hydrogens is 245 g/mol. The number of hydrogen-bond acceptors (Lipinski definition) is 3. The molecule has 0 radical (unpaired) electrons. The maximum Gasteiger partial charge on any atom is 0.401 e. The maximum atomic E-state index is 12.0. The van der Waals surface area contributed by atoms with Crippen molar-refractivity contribution in [2.24, 2.45) is 0 Å². The number of halogens is 4. The third-order valence-corrected chi connectivity index (χ3v) is 2.08. The first-order chi connectivity index (χ1) is 5.73. The molecule has 0 aliphatic heterocycles. The molecule has 3 nitrogen and oxygen atoms in total. The Morgan fingerprint density at radius 3 is 2.07 bits per heavy atom. The Morgan fingerprint density at radius 1 is 1.43 bits per heavy atom. The Bertz CT molecular complexity index is 203. The number of alkyl halides is 3. The first kappa shape index (κ1) is 16.0. The van der Waals surface area contributed by atoms with Crippen molar-refractivity contribution in [3.63, 3.8) is 0 Å². The molecule has 84 valence electrons. The van der Waals surface area contributed by atoms with Crippen molar-refractivity contribution in [1.29, 1.82) is 0 Å². The monoisotopic (exact) mass is 252 g/mol. The highest BCUT2D eigenvalue weighted by molar-refractivity contribution is 8.14. The lowest BCUT2D eigenvalue weighted by atomic mass is 10.3. The van der Waals surface area contributed by atoms with Crippen LogP contribution in [0.15, 0.2) is 0 Å². The molecule has 0 aliphatic carbocycles. The number of carbonyl (C=O) groups excluding carboxylic acids is 1. The maximum absolute atomic E-state index is 12.0. The van der Waals surface area contributed by atoms with E-state index in [0.717, 1.165) is 6.92 Å². The number of thioether (sulfide) groups is 1. The third kappa shape index (κ3) is 7.02. The number of aliphatic carboxylic acids is 1. The molecule has 0 spiro atoms. The van der Waals surface area contributed by atoms with E-state index >= 15 is 0 Å². The average molecular weight is 253 g/mol. The number of hydrogen-bond donors (Lipinski definition) is 1. The van der Waals surface area contributed by atoms with Crippen molar-refractivity contribution in [3.8, 4) is 0 Å². The number of rotatable bonds is 3. The van der Waals surface area contributed by atoms with Gasteiger partial charge in [0.2, 0.25) is 0 Å². The molecule has 0 amide bonds. The number of carboxylic acids is 1. The van der Waals surface area contributed by atoms with Gasteiger partial charge in [0.15, 0.2) is 5.12 Å². The predicted molar refractivity (Wildman–Crippen MR) is 47.6 cm³/mol. The minimum absolute atomic E-state index is 0. The predicted octanol–water partition coefficient (Wildman–Crippen LogP) is 2.09. The summed E-state index contributed by atoms with van der Waals surface area (Å²) in [5.74, 6) is -1.57. The van der Waals surface area contributed by atoms with Gasteiger partial charge in [-0.2, -0.15) is 13.2 Å². The fourth-order valence-electron chi connectivity index (χ4n) is 0.583. The van der Waals surface area contributed by atoms with Crippen LogP contribution in [0.25, 0.3) is 0 Å².